The molecule has 0 aromatic heterocycles. The summed E-state index contributed by atoms with van der Waals surface area (Å²) >= 11 is 0. The smallest absolute Gasteiger partial charge is 0.240 e. The van der Waals surface area contributed by atoms with E-state index in [0.717, 1.165) is 30.6 Å². The van der Waals surface area contributed by atoms with Gasteiger partial charge in [0.15, 0.2) is 0 Å². The molecule has 138 valence electrons. The summed E-state index contributed by atoms with van der Waals surface area (Å²) in [4.78, 5) is 2.21. The number of hydrogen-bond acceptors (Lipinski definition) is 5. The molecule has 0 amide bonds. The van der Waals surface area contributed by atoms with Crippen LogP contribution in [-0.2, 0) is 14.8 Å². The molecule has 0 spiro atoms. The Balaban J connectivity index is 0.00000288. The minimum absolute atomic E-state index is 0. The Kier molecular flexibility index (Phi) is 7.49. The van der Waals surface area contributed by atoms with Crippen LogP contribution < -0.4 is 14.9 Å². The Hall–Kier alpha value is -0.860. The van der Waals surface area contributed by atoms with Crippen molar-refractivity contribution in [1.29, 1.82) is 0 Å². The fourth-order valence-electron chi connectivity index (χ4n) is 3.02. The van der Waals surface area contributed by atoms with Gasteiger partial charge in [-0.3, -0.25) is 0 Å². The van der Waals surface area contributed by atoms with Gasteiger partial charge in [0.1, 0.15) is 0 Å². The molecular weight excluding hydrogens is 350 g/mol. The fraction of sp³-hybridized carbons (Fsp3) is 0.625. The number of sulfonamides is 1. The van der Waals surface area contributed by atoms with Gasteiger partial charge >= 0.3 is 0 Å². The molecule has 8 heteroatoms. The fourth-order valence-corrected chi connectivity index (χ4v) is 4.17. The Morgan fingerprint density at radius 2 is 2.08 bits per heavy atom. The molecule has 1 aliphatic heterocycles. The van der Waals surface area contributed by atoms with Crippen molar-refractivity contribution in [2.75, 3.05) is 45.8 Å². The van der Waals surface area contributed by atoms with Crippen LogP contribution in [0.2, 0.25) is 0 Å². The Bertz CT molecular complexity index is 644. The van der Waals surface area contributed by atoms with E-state index in [0.29, 0.717) is 13.2 Å². The van der Waals surface area contributed by atoms with Gasteiger partial charge in [-0.2, -0.15) is 0 Å². The Morgan fingerprint density at radius 1 is 1.38 bits per heavy atom. The first kappa shape index (κ1) is 21.2. The van der Waals surface area contributed by atoms with Crippen molar-refractivity contribution < 1.29 is 13.2 Å². The van der Waals surface area contributed by atoms with Gasteiger partial charge in [0.2, 0.25) is 10.0 Å². The zero-order valence-corrected chi connectivity index (χ0v) is 16.4. The zero-order valence-electron chi connectivity index (χ0n) is 14.8. The monoisotopic (exact) mass is 377 g/mol. The minimum atomic E-state index is -3.55. The zero-order chi connectivity index (χ0) is 17.1. The molecule has 1 heterocycles. The van der Waals surface area contributed by atoms with E-state index in [1.165, 1.54) is 0 Å². The Labute approximate surface area is 151 Å². The third-order valence-electron chi connectivity index (χ3n) is 4.33. The van der Waals surface area contributed by atoms with Crippen LogP contribution in [0.4, 0.5) is 5.69 Å². The summed E-state index contributed by atoms with van der Waals surface area (Å²) in [5, 5.41) is 3.37. The molecule has 6 nitrogen and oxygen atoms in total. The number of rotatable bonds is 7. The number of nitrogens with zero attached hydrogens (tertiary/aromatic N) is 1. The molecule has 0 saturated carbocycles. The predicted molar refractivity (Wildman–Crippen MR) is 99.8 cm³/mol. The molecule has 1 fully saturated rings. The maximum absolute atomic E-state index is 12.6. The number of nitrogens with one attached hydrogen (secondary N) is 2. The van der Waals surface area contributed by atoms with E-state index in [1.54, 1.807) is 19.2 Å². The van der Waals surface area contributed by atoms with Crippen molar-refractivity contribution in [3.8, 4) is 0 Å². The summed E-state index contributed by atoms with van der Waals surface area (Å²) in [6, 6.07) is 5.20. The molecule has 1 aliphatic rings. The van der Waals surface area contributed by atoms with E-state index in [9.17, 15) is 8.42 Å². The number of methoxy groups -OCH3 is 1. The van der Waals surface area contributed by atoms with Crippen LogP contribution in [0.5, 0.6) is 0 Å². The van der Waals surface area contributed by atoms with Gasteiger partial charge in [-0.1, -0.05) is 6.07 Å². The van der Waals surface area contributed by atoms with Gasteiger partial charge in [0.25, 0.3) is 0 Å². The highest BCUT2D eigenvalue weighted by Gasteiger charge is 2.34. The number of ether oxygens (including phenoxy) is 1. The normalized spacial score (nSPS) is 20.7. The van der Waals surface area contributed by atoms with Crippen molar-refractivity contribution in [3.63, 3.8) is 0 Å². The quantitative estimate of drug-likeness (QED) is 0.754. The first-order chi connectivity index (χ1) is 10.8. The second-order valence-corrected chi connectivity index (χ2v) is 8.18. The van der Waals surface area contributed by atoms with E-state index in [2.05, 4.69) is 10.0 Å². The highest BCUT2D eigenvalue weighted by molar-refractivity contribution is 7.89. The molecule has 0 aliphatic carbocycles. The summed E-state index contributed by atoms with van der Waals surface area (Å²) in [6.45, 7) is 3.68. The third-order valence-corrected chi connectivity index (χ3v) is 5.72. The average molecular weight is 378 g/mol. The molecular formula is C16H28ClN3O3S. The van der Waals surface area contributed by atoms with Gasteiger partial charge in [-0.15, -0.1) is 12.4 Å². The molecule has 2 rings (SSSR count). The van der Waals surface area contributed by atoms with Crippen molar-refractivity contribution in [1.82, 2.24) is 10.0 Å². The number of anilines is 1. The van der Waals surface area contributed by atoms with E-state index >= 15 is 0 Å². The number of halogens is 1. The van der Waals surface area contributed by atoms with Gasteiger partial charge in [-0.25, -0.2) is 13.1 Å². The van der Waals surface area contributed by atoms with Crippen LogP contribution in [0.1, 0.15) is 18.4 Å². The number of benzene rings is 1. The van der Waals surface area contributed by atoms with Crippen molar-refractivity contribution in [2.24, 2.45) is 0 Å². The highest BCUT2D eigenvalue weighted by Crippen LogP contribution is 2.23. The van der Waals surface area contributed by atoms with Gasteiger partial charge < -0.3 is 15.0 Å². The lowest BCUT2D eigenvalue weighted by molar-refractivity contribution is 0.122. The van der Waals surface area contributed by atoms with Crippen molar-refractivity contribution in [2.45, 2.75) is 30.2 Å². The average Bonchev–Trinajstić information content (AvgIpc) is 2.95. The highest BCUT2D eigenvalue weighted by atomic mass is 35.5. The third kappa shape index (κ3) is 4.83. The second-order valence-electron chi connectivity index (χ2n) is 6.41. The van der Waals surface area contributed by atoms with Crippen LogP contribution in [-0.4, -0.2) is 54.9 Å². The molecule has 1 atom stereocenters. The predicted octanol–water partition coefficient (Wildman–Crippen LogP) is 1.53. The van der Waals surface area contributed by atoms with Crippen LogP contribution in [0.15, 0.2) is 23.1 Å². The van der Waals surface area contributed by atoms with E-state index in [-0.39, 0.29) is 22.8 Å². The minimum Gasteiger partial charge on any atom is -0.383 e. The van der Waals surface area contributed by atoms with E-state index < -0.39 is 10.0 Å². The van der Waals surface area contributed by atoms with E-state index in [4.69, 9.17) is 4.74 Å². The molecule has 2 N–H and O–H groups in total. The lowest BCUT2D eigenvalue weighted by Crippen LogP contribution is -2.52. The Morgan fingerprint density at radius 3 is 2.62 bits per heavy atom. The van der Waals surface area contributed by atoms with Crippen LogP contribution in [0, 0.1) is 6.92 Å². The van der Waals surface area contributed by atoms with Gasteiger partial charge in [0, 0.05) is 33.4 Å². The molecule has 1 aromatic rings. The first-order valence-electron chi connectivity index (χ1n) is 7.81. The largest absolute Gasteiger partial charge is 0.383 e. The lowest BCUT2D eigenvalue weighted by Gasteiger charge is -2.29. The first-order valence-corrected chi connectivity index (χ1v) is 9.30. The second kappa shape index (κ2) is 8.49. The van der Waals surface area contributed by atoms with Crippen LogP contribution >= 0.6 is 12.4 Å². The standard InChI is InChI=1S/C16H27N3O3S.ClH/c1-13-6-7-14(10-15(13)19(2)3)23(20,21)18-11-16(12-22-4)8-5-9-17-16;/h6-7,10,17-18H,5,8-9,11-12H2,1-4H3;1H. The molecule has 0 bridgehead atoms. The molecule has 24 heavy (non-hydrogen) atoms. The van der Waals surface area contributed by atoms with Crippen LogP contribution in [0.25, 0.3) is 0 Å². The SMILES string of the molecule is COCC1(CNS(=O)(=O)c2ccc(C)c(N(C)C)c2)CCCN1.Cl. The summed E-state index contributed by atoms with van der Waals surface area (Å²) in [5.74, 6) is 0. The molecule has 1 saturated heterocycles. The van der Waals surface area contributed by atoms with Crippen molar-refractivity contribution in [3.05, 3.63) is 23.8 Å². The molecule has 1 unspecified atom stereocenters. The molecule has 0 radical (unpaired) electrons. The summed E-state index contributed by atoms with van der Waals surface area (Å²) in [5.41, 5.74) is 1.64. The number of hydrogen-bond donors (Lipinski definition) is 2. The van der Waals surface area contributed by atoms with Gasteiger partial charge in [0.05, 0.1) is 17.0 Å². The number of aryl methyl sites for hydroxylation is 1. The topological polar surface area (TPSA) is 70.7 Å². The maximum Gasteiger partial charge on any atom is 0.240 e. The lowest BCUT2D eigenvalue weighted by atomic mass is 9.99. The summed E-state index contributed by atoms with van der Waals surface area (Å²) in [7, 11) is 1.90. The molecule has 1 aromatic carbocycles. The van der Waals surface area contributed by atoms with Crippen molar-refractivity contribution >= 4 is 28.1 Å². The van der Waals surface area contributed by atoms with Crippen LogP contribution in [0.3, 0.4) is 0 Å². The van der Waals surface area contributed by atoms with E-state index in [1.807, 2.05) is 32.0 Å². The van der Waals surface area contributed by atoms with Gasteiger partial charge in [-0.05, 0) is 44.0 Å². The summed E-state index contributed by atoms with van der Waals surface area (Å²) in [6.07, 6.45) is 1.93. The maximum atomic E-state index is 12.6. The summed E-state index contributed by atoms with van der Waals surface area (Å²) < 4.78 is 33.2.